The first-order valence-electron chi connectivity index (χ1n) is 8.61. The Morgan fingerprint density at radius 2 is 1.69 bits per heavy atom. The lowest BCUT2D eigenvalue weighted by Gasteiger charge is -2.27. The summed E-state index contributed by atoms with van der Waals surface area (Å²) in [6.07, 6.45) is 0.268. The Morgan fingerprint density at radius 1 is 1.00 bits per heavy atom. The minimum Gasteiger partial charge on any atom is -0.313 e. The third-order valence-electron chi connectivity index (χ3n) is 4.82. The van der Waals surface area contributed by atoms with Gasteiger partial charge in [-0.3, -0.25) is 9.59 Å². The number of hydrogen-bond acceptors (Lipinski definition) is 3. The number of nitrogens with zero attached hydrogens (tertiary/aromatic N) is 3. The van der Waals surface area contributed by atoms with Crippen molar-refractivity contribution in [1.82, 2.24) is 4.98 Å². The number of anilines is 2. The van der Waals surface area contributed by atoms with Crippen LogP contribution in [0.1, 0.15) is 23.8 Å². The lowest BCUT2D eigenvalue weighted by Crippen LogP contribution is -2.39. The fourth-order valence-corrected chi connectivity index (χ4v) is 3.42. The zero-order valence-corrected chi connectivity index (χ0v) is 14.7. The second-order valence-electron chi connectivity index (χ2n) is 6.56. The Kier molecular flexibility index (Phi) is 3.92. The van der Waals surface area contributed by atoms with E-state index in [0.29, 0.717) is 5.69 Å². The molecule has 0 bridgehead atoms. The molecule has 1 aliphatic rings. The summed E-state index contributed by atoms with van der Waals surface area (Å²) in [5.74, 6) is -0.203. The summed E-state index contributed by atoms with van der Waals surface area (Å²) in [5.41, 5.74) is 2.62. The molecule has 0 radical (unpaired) electrons. The third-order valence-corrected chi connectivity index (χ3v) is 4.82. The Bertz CT molecular complexity index is 1010. The Labute approximate surface area is 151 Å². The first-order chi connectivity index (χ1) is 12.6. The van der Waals surface area contributed by atoms with Crippen LogP contribution in [0.5, 0.6) is 0 Å². The largest absolute Gasteiger partial charge is 0.313 e. The molecule has 1 atom stereocenters. The number of amides is 2. The standard InChI is InChI=1S/C21H19N3O2/c1-14-13-20(25)23(2)18-9-5-6-10-19(18)24(14)21(26)17-12-11-15-7-3-4-8-16(15)22-17/h3-12,14H,13H2,1-2H3/t14-/m0/s1. The molecule has 4 rings (SSSR count). The SMILES string of the molecule is C[C@H]1CC(=O)N(C)c2ccccc2N1C(=O)c1ccc2ccccc2n1. The van der Waals surface area contributed by atoms with Crippen LogP contribution >= 0.6 is 0 Å². The molecule has 0 N–H and O–H groups in total. The van der Waals surface area contributed by atoms with E-state index in [0.717, 1.165) is 22.3 Å². The molecule has 0 fully saturated rings. The number of fused-ring (bicyclic) bond motifs is 2. The van der Waals surface area contributed by atoms with Crippen LogP contribution in [0, 0.1) is 0 Å². The maximum atomic E-state index is 13.3. The average Bonchev–Trinajstić information content (AvgIpc) is 2.76. The number of carbonyl (C=O) groups is 2. The fraction of sp³-hybridized carbons (Fsp3) is 0.190. The molecule has 2 heterocycles. The lowest BCUT2D eigenvalue weighted by molar-refractivity contribution is -0.118. The van der Waals surface area contributed by atoms with Gasteiger partial charge in [0.15, 0.2) is 0 Å². The second-order valence-corrected chi connectivity index (χ2v) is 6.56. The van der Waals surface area contributed by atoms with E-state index in [1.807, 2.05) is 61.5 Å². The van der Waals surface area contributed by atoms with Crippen molar-refractivity contribution in [3.05, 3.63) is 66.4 Å². The zero-order chi connectivity index (χ0) is 18.3. The molecule has 0 saturated heterocycles. The maximum Gasteiger partial charge on any atom is 0.277 e. The van der Waals surface area contributed by atoms with E-state index in [1.54, 1.807) is 22.9 Å². The van der Waals surface area contributed by atoms with Crippen LogP contribution in [0.2, 0.25) is 0 Å². The number of benzene rings is 2. The predicted octanol–water partition coefficient (Wildman–Crippen LogP) is 3.64. The van der Waals surface area contributed by atoms with Gasteiger partial charge in [-0.05, 0) is 31.2 Å². The van der Waals surface area contributed by atoms with Gasteiger partial charge >= 0.3 is 0 Å². The van der Waals surface area contributed by atoms with Crippen LogP contribution in [-0.2, 0) is 4.79 Å². The van der Waals surface area contributed by atoms with Gasteiger partial charge in [0.05, 0.1) is 16.9 Å². The molecule has 5 heteroatoms. The van der Waals surface area contributed by atoms with Crippen LogP contribution in [0.15, 0.2) is 60.7 Å². The zero-order valence-electron chi connectivity index (χ0n) is 14.7. The van der Waals surface area contributed by atoms with Crippen molar-refractivity contribution in [2.45, 2.75) is 19.4 Å². The molecule has 130 valence electrons. The van der Waals surface area contributed by atoms with Crippen molar-refractivity contribution < 1.29 is 9.59 Å². The minimum absolute atomic E-state index is 0.00767. The van der Waals surface area contributed by atoms with Crippen molar-refractivity contribution in [2.24, 2.45) is 0 Å². The minimum atomic E-state index is -0.255. The molecule has 0 unspecified atom stereocenters. The summed E-state index contributed by atoms with van der Waals surface area (Å²) in [4.78, 5) is 33.6. The van der Waals surface area contributed by atoms with Crippen LogP contribution < -0.4 is 9.80 Å². The van der Waals surface area contributed by atoms with Crippen LogP contribution in [0.4, 0.5) is 11.4 Å². The topological polar surface area (TPSA) is 53.5 Å². The highest BCUT2D eigenvalue weighted by atomic mass is 16.2. The maximum absolute atomic E-state index is 13.3. The summed E-state index contributed by atoms with van der Waals surface area (Å²) >= 11 is 0. The van der Waals surface area contributed by atoms with Crippen LogP contribution in [0.3, 0.4) is 0 Å². The Hall–Kier alpha value is -3.21. The van der Waals surface area contributed by atoms with Crippen molar-refractivity contribution in [3.8, 4) is 0 Å². The summed E-state index contributed by atoms with van der Waals surface area (Å²) in [7, 11) is 1.75. The van der Waals surface area contributed by atoms with Gasteiger partial charge in [-0.2, -0.15) is 0 Å². The number of carbonyl (C=O) groups excluding carboxylic acids is 2. The first kappa shape index (κ1) is 16.3. The Morgan fingerprint density at radius 3 is 2.50 bits per heavy atom. The molecule has 0 saturated carbocycles. The number of rotatable bonds is 1. The molecular formula is C21H19N3O2. The van der Waals surface area contributed by atoms with Crippen LogP contribution in [0.25, 0.3) is 10.9 Å². The van der Waals surface area contributed by atoms with E-state index in [2.05, 4.69) is 4.98 Å². The number of aromatic nitrogens is 1. The molecule has 5 nitrogen and oxygen atoms in total. The van der Waals surface area contributed by atoms with Crippen LogP contribution in [-0.4, -0.2) is 29.9 Å². The second kappa shape index (κ2) is 6.26. The molecule has 3 aromatic rings. The smallest absolute Gasteiger partial charge is 0.277 e. The number of pyridine rings is 1. The van der Waals surface area contributed by atoms with Gasteiger partial charge < -0.3 is 9.80 Å². The summed E-state index contributed by atoms with van der Waals surface area (Å²) in [5, 5.41) is 0.989. The summed E-state index contributed by atoms with van der Waals surface area (Å²) in [6.45, 7) is 1.90. The van der Waals surface area contributed by atoms with Crippen molar-refractivity contribution >= 4 is 34.1 Å². The van der Waals surface area contributed by atoms with E-state index in [-0.39, 0.29) is 24.3 Å². The monoisotopic (exact) mass is 345 g/mol. The van der Waals surface area contributed by atoms with E-state index in [9.17, 15) is 9.59 Å². The molecule has 2 amide bonds. The van der Waals surface area contributed by atoms with Crippen molar-refractivity contribution in [1.29, 1.82) is 0 Å². The van der Waals surface area contributed by atoms with Gasteiger partial charge in [-0.25, -0.2) is 4.98 Å². The van der Waals surface area contributed by atoms with Gasteiger partial charge in [0.1, 0.15) is 5.69 Å². The van der Waals surface area contributed by atoms with E-state index < -0.39 is 0 Å². The van der Waals surface area contributed by atoms with E-state index in [1.165, 1.54) is 0 Å². The summed E-state index contributed by atoms with van der Waals surface area (Å²) in [6, 6.07) is 18.6. The van der Waals surface area contributed by atoms with Gasteiger partial charge in [0, 0.05) is 24.9 Å². The Balaban J connectivity index is 1.82. The van der Waals surface area contributed by atoms with Crippen molar-refractivity contribution in [2.75, 3.05) is 16.8 Å². The van der Waals surface area contributed by atoms with Gasteiger partial charge in [0.2, 0.25) is 5.91 Å². The average molecular weight is 345 g/mol. The molecule has 1 aliphatic heterocycles. The lowest BCUT2D eigenvalue weighted by atomic mass is 10.1. The normalized spacial score (nSPS) is 17.2. The van der Waals surface area contributed by atoms with Gasteiger partial charge in [-0.15, -0.1) is 0 Å². The molecule has 26 heavy (non-hydrogen) atoms. The molecule has 2 aromatic carbocycles. The highest BCUT2D eigenvalue weighted by molar-refractivity contribution is 6.11. The highest BCUT2D eigenvalue weighted by Gasteiger charge is 2.33. The molecule has 1 aromatic heterocycles. The molecular weight excluding hydrogens is 326 g/mol. The van der Waals surface area contributed by atoms with Crippen molar-refractivity contribution in [3.63, 3.8) is 0 Å². The van der Waals surface area contributed by atoms with Gasteiger partial charge in [0.25, 0.3) is 5.91 Å². The highest BCUT2D eigenvalue weighted by Crippen LogP contribution is 2.35. The molecule has 0 aliphatic carbocycles. The van der Waals surface area contributed by atoms with E-state index >= 15 is 0 Å². The third kappa shape index (κ3) is 2.62. The molecule has 0 spiro atoms. The predicted molar refractivity (Wildman–Crippen MR) is 102 cm³/mol. The van der Waals surface area contributed by atoms with E-state index in [4.69, 9.17) is 0 Å². The fourth-order valence-electron chi connectivity index (χ4n) is 3.42. The number of hydrogen-bond donors (Lipinski definition) is 0. The quantitative estimate of drug-likeness (QED) is 0.677. The van der Waals surface area contributed by atoms with Gasteiger partial charge in [-0.1, -0.05) is 36.4 Å². The first-order valence-corrected chi connectivity index (χ1v) is 8.61. The number of para-hydroxylation sites is 3. The summed E-state index contributed by atoms with van der Waals surface area (Å²) < 4.78 is 0.